The number of esters is 1. The van der Waals surface area contributed by atoms with E-state index in [9.17, 15) is 14.9 Å². The predicted octanol–water partition coefficient (Wildman–Crippen LogP) is 3.27. The van der Waals surface area contributed by atoms with Gasteiger partial charge in [0.2, 0.25) is 0 Å². The van der Waals surface area contributed by atoms with Crippen LogP contribution in [0.1, 0.15) is 55.7 Å². The lowest BCUT2D eigenvalue weighted by Crippen LogP contribution is -2.52. The van der Waals surface area contributed by atoms with Gasteiger partial charge in [-0.05, 0) is 51.7 Å². The van der Waals surface area contributed by atoms with E-state index in [2.05, 4.69) is 11.4 Å². The van der Waals surface area contributed by atoms with E-state index in [4.69, 9.17) is 9.47 Å². The van der Waals surface area contributed by atoms with Crippen molar-refractivity contribution in [3.8, 4) is 11.8 Å². The molecule has 0 radical (unpaired) electrons. The Balaban J connectivity index is 1.88. The second-order valence-corrected chi connectivity index (χ2v) is 7.39. The minimum absolute atomic E-state index is 0.272. The number of benzene rings is 1. The topological polar surface area (TPSA) is 88.4 Å². The van der Waals surface area contributed by atoms with Gasteiger partial charge in [-0.15, -0.1) is 0 Å². The van der Waals surface area contributed by atoms with E-state index in [1.165, 1.54) is 6.92 Å². The molecule has 1 amide bonds. The highest BCUT2D eigenvalue weighted by atomic mass is 16.6. The number of rotatable bonds is 6. The minimum Gasteiger partial charge on any atom is -0.481 e. The van der Waals surface area contributed by atoms with Crippen LogP contribution >= 0.6 is 0 Å². The maximum atomic E-state index is 12.4. The number of nitrogens with one attached hydrogen (secondary N) is 1. The Morgan fingerprint density at radius 2 is 1.78 bits per heavy atom. The van der Waals surface area contributed by atoms with Gasteiger partial charge in [0.1, 0.15) is 11.3 Å². The van der Waals surface area contributed by atoms with Crippen LogP contribution in [-0.4, -0.2) is 30.1 Å². The van der Waals surface area contributed by atoms with Crippen molar-refractivity contribution < 1.29 is 19.1 Å². The molecule has 1 fully saturated rings. The van der Waals surface area contributed by atoms with Gasteiger partial charge in [0.15, 0.2) is 12.7 Å². The normalized spacial score (nSPS) is 16.7. The summed E-state index contributed by atoms with van der Waals surface area (Å²) in [5.41, 5.74) is 2.17. The molecule has 1 aromatic rings. The highest BCUT2D eigenvalue weighted by Crippen LogP contribution is 2.28. The first kappa shape index (κ1) is 20.8. The quantitative estimate of drug-likeness (QED) is 0.774. The van der Waals surface area contributed by atoms with Gasteiger partial charge in [-0.3, -0.25) is 4.79 Å². The van der Waals surface area contributed by atoms with Crippen molar-refractivity contribution in [2.45, 2.75) is 71.4 Å². The van der Waals surface area contributed by atoms with Crippen molar-refractivity contribution in [3.63, 3.8) is 0 Å². The molecule has 1 aromatic carbocycles. The highest BCUT2D eigenvalue weighted by Gasteiger charge is 2.35. The van der Waals surface area contributed by atoms with Gasteiger partial charge in [0.25, 0.3) is 5.91 Å². The fourth-order valence-electron chi connectivity index (χ4n) is 3.57. The number of nitrogens with zero attached hydrogens (tertiary/aromatic N) is 1. The fraction of sp³-hybridized carbons (Fsp3) is 0.571. The van der Waals surface area contributed by atoms with Crippen LogP contribution in [0.4, 0.5) is 0 Å². The lowest BCUT2D eigenvalue weighted by Gasteiger charge is -2.32. The Morgan fingerprint density at radius 3 is 2.33 bits per heavy atom. The van der Waals surface area contributed by atoms with Crippen LogP contribution in [0, 0.1) is 32.1 Å². The van der Waals surface area contributed by atoms with Crippen molar-refractivity contribution in [1.29, 1.82) is 5.26 Å². The third-order valence-electron chi connectivity index (χ3n) is 4.90. The summed E-state index contributed by atoms with van der Waals surface area (Å²) in [5.74, 6) is -0.415. The maximum Gasteiger partial charge on any atom is 0.344 e. The minimum atomic E-state index is -0.978. The third-order valence-corrected chi connectivity index (χ3v) is 4.90. The fourth-order valence-corrected chi connectivity index (χ4v) is 3.57. The standard InChI is InChI=1S/C21H28N2O4/c1-14-10-15(2)19(16(3)11-14)26-12-18(24)27-17(4)20(25)23-21(13-22)8-6-5-7-9-21/h10-11,17H,5-9,12H2,1-4H3,(H,23,25)/t17-/m1/s1. The van der Waals surface area contributed by atoms with Crippen LogP contribution in [0.3, 0.4) is 0 Å². The summed E-state index contributed by atoms with van der Waals surface area (Å²) < 4.78 is 10.8. The summed E-state index contributed by atoms with van der Waals surface area (Å²) in [7, 11) is 0. The van der Waals surface area contributed by atoms with Gasteiger partial charge in [0.05, 0.1) is 6.07 Å². The Kier molecular flexibility index (Phi) is 6.84. The summed E-state index contributed by atoms with van der Waals surface area (Å²) in [5, 5.41) is 12.2. The number of amides is 1. The van der Waals surface area contributed by atoms with Crippen LogP contribution < -0.4 is 10.1 Å². The zero-order valence-electron chi connectivity index (χ0n) is 16.6. The summed E-state index contributed by atoms with van der Waals surface area (Å²) in [4.78, 5) is 24.4. The first-order valence-corrected chi connectivity index (χ1v) is 9.40. The van der Waals surface area contributed by atoms with Crippen LogP contribution in [0.25, 0.3) is 0 Å². The van der Waals surface area contributed by atoms with E-state index in [0.29, 0.717) is 18.6 Å². The summed E-state index contributed by atoms with van der Waals surface area (Å²) in [6, 6.07) is 6.19. The molecule has 0 heterocycles. The first-order valence-electron chi connectivity index (χ1n) is 9.40. The van der Waals surface area contributed by atoms with Gasteiger partial charge in [-0.1, -0.05) is 37.0 Å². The molecule has 0 spiro atoms. The average molecular weight is 372 g/mol. The van der Waals surface area contributed by atoms with Crippen LogP contribution in [0.15, 0.2) is 12.1 Å². The maximum absolute atomic E-state index is 12.4. The van der Waals surface area contributed by atoms with Crippen molar-refractivity contribution in [2.24, 2.45) is 0 Å². The molecule has 27 heavy (non-hydrogen) atoms. The highest BCUT2D eigenvalue weighted by molar-refractivity contribution is 5.84. The second kappa shape index (κ2) is 8.90. The Bertz CT molecular complexity index is 722. The molecule has 6 nitrogen and oxygen atoms in total. The van der Waals surface area contributed by atoms with Crippen molar-refractivity contribution in [3.05, 3.63) is 28.8 Å². The molecule has 0 aliphatic heterocycles. The molecule has 1 aliphatic rings. The van der Waals surface area contributed by atoms with Crippen LogP contribution in [0.2, 0.25) is 0 Å². The van der Waals surface area contributed by atoms with E-state index in [1.54, 1.807) is 0 Å². The summed E-state index contributed by atoms with van der Waals surface area (Å²) in [6.07, 6.45) is 3.17. The van der Waals surface area contributed by atoms with Crippen LogP contribution in [0.5, 0.6) is 5.75 Å². The summed E-state index contributed by atoms with van der Waals surface area (Å²) in [6.45, 7) is 7.07. The number of aryl methyl sites for hydroxylation is 3. The van der Waals surface area contributed by atoms with Gasteiger partial charge in [-0.25, -0.2) is 4.79 Å². The average Bonchev–Trinajstić information content (AvgIpc) is 2.61. The van der Waals surface area contributed by atoms with Crippen LogP contribution in [-0.2, 0) is 14.3 Å². The molecule has 1 atom stereocenters. The number of hydrogen-bond donors (Lipinski definition) is 1. The molecule has 0 saturated heterocycles. The number of carbonyl (C=O) groups excluding carboxylic acids is 2. The zero-order chi connectivity index (χ0) is 20.0. The molecular weight excluding hydrogens is 344 g/mol. The second-order valence-electron chi connectivity index (χ2n) is 7.39. The van der Waals surface area contributed by atoms with E-state index >= 15 is 0 Å². The number of hydrogen-bond acceptors (Lipinski definition) is 5. The molecule has 146 valence electrons. The summed E-state index contributed by atoms with van der Waals surface area (Å²) >= 11 is 0. The number of carbonyl (C=O) groups is 2. The van der Waals surface area contributed by atoms with Gasteiger partial charge < -0.3 is 14.8 Å². The number of ether oxygens (including phenoxy) is 2. The van der Waals surface area contributed by atoms with Gasteiger partial charge >= 0.3 is 5.97 Å². The molecule has 2 rings (SSSR count). The molecular formula is C21H28N2O4. The van der Waals surface area contributed by atoms with E-state index in [1.807, 2.05) is 32.9 Å². The molecule has 1 N–H and O–H groups in total. The number of nitriles is 1. The molecule has 6 heteroatoms. The Labute approximate surface area is 160 Å². The van der Waals surface area contributed by atoms with Crippen molar-refractivity contribution >= 4 is 11.9 Å². The largest absolute Gasteiger partial charge is 0.481 e. The molecule has 0 bridgehead atoms. The predicted molar refractivity (Wildman–Crippen MR) is 101 cm³/mol. The van der Waals surface area contributed by atoms with Crippen molar-refractivity contribution in [2.75, 3.05) is 6.61 Å². The van der Waals surface area contributed by atoms with E-state index < -0.39 is 23.5 Å². The van der Waals surface area contributed by atoms with Gasteiger partial charge in [0, 0.05) is 0 Å². The zero-order valence-corrected chi connectivity index (χ0v) is 16.6. The lowest BCUT2D eigenvalue weighted by atomic mass is 9.83. The molecule has 1 aliphatic carbocycles. The lowest BCUT2D eigenvalue weighted by molar-refractivity contribution is -0.157. The first-order chi connectivity index (χ1) is 12.8. The molecule has 1 saturated carbocycles. The monoisotopic (exact) mass is 372 g/mol. The SMILES string of the molecule is Cc1cc(C)c(OCC(=O)O[C@H](C)C(=O)NC2(C#N)CCCCC2)c(C)c1. The Morgan fingerprint density at radius 1 is 1.19 bits per heavy atom. The van der Waals surface area contributed by atoms with E-state index in [-0.39, 0.29) is 6.61 Å². The van der Waals surface area contributed by atoms with Gasteiger partial charge in [-0.2, -0.15) is 5.26 Å². The molecule has 0 aromatic heterocycles. The Hall–Kier alpha value is -2.55. The molecule has 0 unspecified atom stereocenters. The van der Waals surface area contributed by atoms with Crippen molar-refractivity contribution in [1.82, 2.24) is 5.32 Å². The smallest absolute Gasteiger partial charge is 0.344 e. The van der Waals surface area contributed by atoms with E-state index in [0.717, 1.165) is 36.0 Å². The third kappa shape index (κ3) is 5.46.